The normalized spacial score (nSPS) is 14.8. The van der Waals surface area contributed by atoms with Gasteiger partial charge in [-0.3, -0.25) is 32.5 Å². The maximum atomic E-state index is 13.0. The van der Waals surface area contributed by atoms with Crippen LogP contribution >= 0.6 is 15.6 Å². The smallest absolute Gasteiger partial charge is 0.463 e. The highest BCUT2D eigenvalue weighted by atomic mass is 31.2. The zero-order valence-electron chi connectivity index (χ0n) is 69.3. The van der Waals surface area contributed by atoms with Crippen molar-refractivity contribution in [3.8, 4) is 0 Å². The Hall–Kier alpha value is -5.35. The van der Waals surface area contributed by atoms with Crippen LogP contribution in [0.15, 0.2) is 182 Å². The minimum Gasteiger partial charge on any atom is -0.463 e. The molecular formula is C93H154O16P2. The largest absolute Gasteiger partial charge is 0.472 e. The Morgan fingerprint density at radius 1 is 0.261 bits per heavy atom. The highest BCUT2D eigenvalue weighted by Gasteiger charge is 2.29. The number of ether oxygens (including phenoxy) is 3. The highest BCUT2D eigenvalue weighted by molar-refractivity contribution is 7.47. The van der Waals surface area contributed by atoms with Gasteiger partial charge < -0.3 is 34.2 Å². The fourth-order valence-corrected chi connectivity index (χ4v) is 12.7. The lowest BCUT2D eigenvalue weighted by Gasteiger charge is -2.21. The van der Waals surface area contributed by atoms with Gasteiger partial charge in [0.05, 0.1) is 26.4 Å². The molecule has 0 aromatic carbocycles. The number of allylic oxidation sites excluding steroid dienone is 30. The Labute approximate surface area is 675 Å². The first kappa shape index (κ1) is 106. The topological polar surface area (TPSA) is 231 Å². The van der Waals surface area contributed by atoms with Crippen molar-refractivity contribution in [2.45, 2.75) is 347 Å². The Morgan fingerprint density at radius 2 is 0.477 bits per heavy atom. The van der Waals surface area contributed by atoms with E-state index >= 15 is 0 Å². The van der Waals surface area contributed by atoms with E-state index in [0.717, 1.165) is 186 Å². The van der Waals surface area contributed by atoms with Crippen LogP contribution in [-0.4, -0.2) is 95.9 Å². The predicted molar refractivity (Wildman–Crippen MR) is 463 cm³/mol. The predicted octanol–water partition coefficient (Wildman–Crippen LogP) is 26.1. The monoisotopic (exact) mass is 1590 g/mol. The molecule has 0 fully saturated rings. The van der Waals surface area contributed by atoms with Crippen LogP contribution in [0, 0.1) is 0 Å². The molecule has 0 aliphatic carbocycles. The lowest BCUT2D eigenvalue weighted by molar-refractivity contribution is -0.161. The van der Waals surface area contributed by atoms with Crippen LogP contribution in [0.4, 0.5) is 0 Å². The van der Waals surface area contributed by atoms with Crippen molar-refractivity contribution in [2.24, 2.45) is 0 Å². The van der Waals surface area contributed by atoms with E-state index in [0.29, 0.717) is 19.3 Å². The average Bonchev–Trinajstić information content (AvgIpc) is 0.900. The summed E-state index contributed by atoms with van der Waals surface area (Å²) < 4.78 is 61.3. The lowest BCUT2D eigenvalue weighted by atomic mass is 10.0. The summed E-state index contributed by atoms with van der Waals surface area (Å²) in [6, 6.07) is 0. The van der Waals surface area contributed by atoms with Gasteiger partial charge in [0.1, 0.15) is 25.4 Å². The molecule has 0 aliphatic heterocycles. The van der Waals surface area contributed by atoms with Crippen molar-refractivity contribution < 1.29 is 75.8 Å². The van der Waals surface area contributed by atoms with Crippen LogP contribution in [0.1, 0.15) is 329 Å². The molecule has 632 valence electrons. The molecule has 0 saturated carbocycles. The summed E-state index contributed by atoms with van der Waals surface area (Å²) in [5, 5.41) is 20.7. The van der Waals surface area contributed by atoms with E-state index in [1.807, 2.05) is 0 Å². The van der Waals surface area contributed by atoms with Crippen LogP contribution in [0.3, 0.4) is 0 Å². The Balaban J connectivity index is 4.59. The maximum Gasteiger partial charge on any atom is 0.472 e. The molecule has 0 saturated heterocycles. The van der Waals surface area contributed by atoms with Crippen LogP contribution in [0.2, 0.25) is 0 Å². The molecule has 5 atom stereocenters. The zero-order valence-corrected chi connectivity index (χ0v) is 71.1. The average molecular weight is 1590 g/mol. The Morgan fingerprint density at radius 3 is 0.757 bits per heavy atom. The number of esters is 3. The molecule has 0 bridgehead atoms. The number of aliphatic hydroxyl groups is 2. The third-order valence-electron chi connectivity index (χ3n) is 17.6. The van der Waals surface area contributed by atoms with Crippen LogP contribution in [0.25, 0.3) is 0 Å². The molecule has 0 aromatic rings. The number of hydrogen-bond donors (Lipinski definition) is 4. The molecule has 0 heterocycles. The van der Waals surface area contributed by atoms with Gasteiger partial charge in [-0.15, -0.1) is 0 Å². The molecule has 0 amide bonds. The van der Waals surface area contributed by atoms with Crippen molar-refractivity contribution in [3.05, 3.63) is 182 Å². The molecule has 16 nitrogen and oxygen atoms in total. The second-order valence-corrected chi connectivity index (χ2v) is 31.1. The third-order valence-corrected chi connectivity index (χ3v) is 19.5. The number of carbonyl (C=O) groups is 3. The van der Waals surface area contributed by atoms with Gasteiger partial charge in [0, 0.05) is 19.3 Å². The molecule has 0 spiro atoms. The van der Waals surface area contributed by atoms with Gasteiger partial charge in [0.2, 0.25) is 0 Å². The van der Waals surface area contributed by atoms with Gasteiger partial charge in [-0.2, -0.15) is 0 Å². The number of hydrogen-bond acceptors (Lipinski definition) is 14. The summed E-state index contributed by atoms with van der Waals surface area (Å²) in [5.41, 5.74) is 0. The first-order chi connectivity index (χ1) is 54.2. The van der Waals surface area contributed by atoms with E-state index in [9.17, 15) is 43.5 Å². The van der Waals surface area contributed by atoms with Crippen molar-refractivity contribution in [3.63, 3.8) is 0 Å². The molecule has 111 heavy (non-hydrogen) atoms. The van der Waals surface area contributed by atoms with E-state index in [1.54, 1.807) is 0 Å². The Kier molecular flexibility index (Phi) is 80.0. The van der Waals surface area contributed by atoms with Gasteiger partial charge in [0.25, 0.3) is 0 Å². The van der Waals surface area contributed by atoms with Gasteiger partial charge in [-0.1, -0.05) is 331 Å². The van der Waals surface area contributed by atoms with E-state index < -0.39 is 91.5 Å². The summed E-state index contributed by atoms with van der Waals surface area (Å²) in [4.78, 5) is 58.8. The minimum absolute atomic E-state index is 0.0730. The summed E-state index contributed by atoms with van der Waals surface area (Å²) in [5.74, 6) is -1.62. The van der Waals surface area contributed by atoms with Gasteiger partial charge in [-0.05, 0) is 161 Å². The summed E-state index contributed by atoms with van der Waals surface area (Å²) >= 11 is 0. The van der Waals surface area contributed by atoms with Crippen molar-refractivity contribution >= 4 is 33.6 Å². The number of unbranched alkanes of at least 4 members (excludes halogenated alkanes) is 27. The molecule has 0 aliphatic rings. The molecule has 0 radical (unpaired) electrons. The lowest BCUT2D eigenvalue weighted by Crippen LogP contribution is -2.30. The second kappa shape index (κ2) is 84.1. The van der Waals surface area contributed by atoms with E-state index in [4.69, 9.17) is 32.3 Å². The fourth-order valence-electron chi connectivity index (χ4n) is 11.1. The summed E-state index contributed by atoms with van der Waals surface area (Å²) in [6.07, 6.45) is 109. The number of phosphoric acid groups is 2. The number of phosphoric ester groups is 2. The number of aliphatic hydroxyl groups excluding tert-OH is 2. The SMILES string of the molecule is CC/C=C\C/C=C\C/C=C\C/C=C\C/C=C\C/C=C\CCCCCCCCCCCCCCCCC(=O)OCC(O)COP(=O)(O)OCC(O)COP(=O)(O)OCC(COC(=O)CCCCCCC/C=C\C/C=C\C/C=C\C/C=C\C/C=C\CC)OC(=O)CCCCCCC/C=C\C/C=C\C/C=C\C/C=C\CCCCC. The van der Waals surface area contributed by atoms with E-state index in [1.165, 1.54) is 83.5 Å². The molecular weight excluding hydrogens is 1430 g/mol. The first-order valence-corrected chi connectivity index (χ1v) is 46.1. The van der Waals surface area contributed by atoms with Crippen LogP contribution < -0.4 is 0 Å². The third kappa shape index (κ3) is 85.4. The van der Waals surface area contributed by atoms with Crippen LogP contribution in [0.5, 0.6) is 0 Å². The number of rotatable bonds is 80. The quantitative estimate of drug-likeness (QED) is 0.0146. The summed E-state index contributed by atoms with van der Waals surface area (Å²) in [6.45, 7) is 2.39. The van der Waals surface area contributed by atoms with Gasteiger partial charge >= 0.3 is 33.6 Å². The highest BCUT2D eigenvalue weighted by Crippen LogP contribution is 2.45. The van der Waals surface area contributed by atoms with E-state index in [-0.39, 0.29) is 19.3 Å². The van der Waals surface area contributed by atoms with Crippen molar-refractivity contribution in [1.29, 1.82) is 0 Å². The molecule has 18 heteroatoms. The molecule has 4 N–H and O–H groups in total. The molecule has 0 aromatic heterocycles. The van der Waals surface area contributed by atoms with Crippen molar-refractivity contribution in [1.82, 2.24) is 0 Å². The summed E-state index contributed by atoms with van der Waals surface area (Å²) in [7, 11) is -9.82. The first-order valence-electron chi connectivity index (χ1n) is 43.1. The molecule has 0 rings (SSSR count). The van der Waals surface area contributed by atoms with Gasteiger partial charge in [0.15, 0.2) is 6.10 Å². The van der Waals surface area contributed by atoms with Crippen LogP contribution in [-0.2, 0) is 55.8 Å². The maximum absolute atomic E-state index is 13.0. The minimum atomic E-state index is -4.95. The standard InChI is InChI=1S/C93H154O16P2/c1-4-7-10-13-16-19-22-25-28-31-34-37-38-39-40-41-42-43-44-45-46-47-48-51-53-55-58-61-64-67-70-73-76-79-91(96)103-82-88(94)83-105-110(99,100)106-84-89(95)85-107-111(101,102)108-87-90(109-93(98)81-78-75-72-69-66-63-60-57-54-50-36-33-30-27-24-21-18-15-12-9-6-3)86-104-92(97)80-77-74-71-68-65-62-59-56-52-49-35-32-29-26-23-20-17-14-11-8-5-2/h7-8,10-11,16-21,25-30,34-37,39-40,42-43,49-50,56-57,59-60,88-90,94-95H,4-6,9,12-15,22-24,31-33,38,41,44-48,51-55,58,61-87H2,1-3H3,(H,99,100)(H,101,102)/b10-7-,11-8-,19-16-,20-17-,21-18-,28-25-,29-26-,30-27-,37-34-,40-39-,43-42-,49-35-,50-36-,59-56-,60-57-. The second-order valence-electron chi connectivity index (χ2n) is 28.2. The van der Waals surface area contributed by atoms with E-state index in [2.05, 4.69) is 203 Å². The fraction of sp³-hybridized carbons (Fsp3) is 0.645. The molecule has 5 unspecified atom stereocenters. The Bertz CT molecular complexity index is 2750. The van der Waals surface area contributed by atoms with Crippen molar-refractivity contribution in [2.75, 3.05) is 39.6 Å². The number of carbonyl (C=O) groups excluding carboxylic acids is 3. The van der Waals surface area contributed by atoms with Gasteiger partial charge in [-0.25, -0.2) is 9.13 Å². The zero-order chi connectivity index (χ0) is 80.8.